The van der Waals surface area contributed by atoms with Crippen LogP contribution in [0.25, 0.3) is 11.3 Å². The molecule has 13 nitrogen and oxygen atoms in total. The van der Waals surface area contributed by atoms with Gasteiger partial charge in [-0.3, -0.25) is 24.4 Å². The fraction of sp³-hybridized carbons (Fsp3) is 0.0952. The molecule has 0 spiro atoms. The van der Waals surface area contributed by atoms with Gasteiger partial charge in [-0.2, -0.15) is 20.5 Å². The molecule has 2 aromatic carbocycles. The standard InChI is InChI=1S/C21H16N8O5S/c1-28-19(31)15(11-22)16(12-5-3-2-4-6-12)24-21(28)29-20(32)17(18(30)27-29)26-25-13-7-9-14(10-8-13)35(23,33)34/h2-10,17H,1H3,(H,27,30)(H2,23,33,34). The molecule has 3 N–H and O–H groups in total. The Morgan fingerprint density at radius 3 is 2.34 bits per heavy atom. The van der Waals surface area contributed by atoms with E-state index in [1.54, 1.807) is 30.3 Å². The monoisotopic (exact) mass is 492 g/mol. The molecule has 0 bridgehead atoms. The Hall–Kier alpha value is -4.74. The molecule has 176 valence electrons. The van der Waals surface area contributed by atoms with E-state index in [1.165, 1.54) is 31.3 Å². The molecule has 1 atom stereocenters. The van der Waals surface area contributed by atoms with E-state index in [-0.39, 0.29) is 27.8 Å². The van der Waals surface area contributed by atoms with E-state index in [9.17, 15) is 28.1 Å². The Balaban J connectivity index is 1.68. The van der Waals surface area contributed by atoms with Crippen molar-refractivity contribution < 1.29 is 18.0 Å². The zero-order valence-electron chi connectivity index (χ0n) is 18.0. The third kappa shape index (κ3) is 4.40. The summed E-state index contributed by atoms with van der Waals surface area (Å²) in [6.45, 7) is 0. The van der Waals surface area contributed by atoms with Gasteiger partial charge in [-0.25, -0.2) is 18.5 Å². The van der Waals surface area contributed by atoms with Gasteiger partial charge in [0, 0.05) is 12.6 Å². The lowest BCUT2D eigenvalue weighted by atomic mass is 10.1. The van der Waals surface area contributed by atoms with Gasteiger partial charge < -0.3 is 0 Å². The summed E-state index contributed by atoms with van der Waals surface area (Å²) in [7, 11) is -2.59. The van der Waals surface area contributed by atoms with Crippen LogP contribution in [0, 0.1) is 11.3 Å². The highest BCUT2D eigenvalue weighted by molar-refractivity contribution is 7.89. The molecule has 35 heavy (non-hydrogen) atoms. The molecule has 1 saturated heterocycles. The molecule has 1 unspecified atom stereocenters. The largest absolute Gasteiger partial charge is 0.284 e. The Morgan fingerprint density at radius 1 is 1.09 bits per heavy atom. The molecule has 3 aromatic rings. The summed E-state index contributed by atoms with van der Waals surface area (Å²) in [6, 6.07) is 13.7. The summed E-state index contributed by atoms with van der Waals surface area (Å²) in [6.07, 6.45) is 0. The lowest BCUT2D eigenvalue weighted by Crippen LogP contribution is -2.41. The second-order valence-corrected chi connectivity index (χ2v) is 8.85. The van der Waals surface area contributed by atoms with Crippen LogP contribution in [0.5, 0.6) is 0 Å². The fourth-order valence-electron chi connectivity index (χ4n) is 3.23. The molecule has 1 aliphatic heterocycles. The average Bonchev–Trinajstić information content (AvgIpc) is 3.12. The van der Waals surface area contributed by atoms with Gasteiger partial charge in [0.2, 0.25) is 22.0 Å². The molecule has 2 amide bonds. The number of primary sulfonamides is 1. The predicted octanol–water partition coefficient (Wildman–Crippen LogP) is 0.497. The first-order valence-corrected chi connectivity index (χ1v) is 11.4. The van der Waals surface area contributed by atoms with Crippen molar-refractivity contribution in [3.8, 4) is 17.3 Å². The number of nitrogens with two attached hydrogens (primary N) is 1. The minimum atomic E-state index is -3.89. The van der Waals surface area contributed by atoms with Crippen molar-refractivity contribution in [2.75, 3.05) is 5.01 Å². The van der Waals surface area contributed by atoms with Crippen LogP contribution in [-0.4, -0.2) is 35.8 Å². The van der Waals surface area contributed by atoms with E-state index in [0.29, 0.717) is 5.56 Å². The first-order valence-electron chi connectivity index (χ1n) is 9.86. The summed E-state index contributed by atoms with van der Waals surface area (Å²) < 4.78 is 23.7. The second kappa shape index (κ2) is 8.89. The number of hydrazine groups is 1. The Bertz CT molecular complexity index is 1570. The first kappa shape index (κ1) is 23.4. The molecule has 14 heteroatoms. The third-order valence-electron chi connectivity index (χ3n) is 5.00. The number of nitrogens with zero attached hydrogens (tertiary/aromatic N) is 6. The van der Waals surface area contributed by atoms with E-state index < -0.39 is 33.4 Å². The maximum absolute atomic E-state index is 13.0. The number of carbonyl (C=O) groups is 2. The molecule has 1 aliphatic rings. The molecular formula is C21H16N8O5S. The van der Waals surface area contributed by atoms with Crippen LogP contribution < -0.4 is 21.1 Å². The quantitative estimate of drug-likeness (QED) is 0.382. The van der Waals surface area contributed by atoms with E-state index >= 15 is 0 Å². The lowest BCUT2D eigenvalue weighted by molar-refractivity contribution is -0.124. The number of benzene rings is 2. The molecule has 0 aliphatic carbocycles. The highest BCUT2D eigenvalue weighted by atomic mass is 32.2. The van der Waals surface area contributed by atoms with Crippen molar-refractivity contribution in [2.24, 2.45) is 22.4 Å². The Labute approximate surface area is 198 Å². The van der Waals surface area contributed by atoms with Crippen LogP contribution >= 0.6 is 0 Å². The van der Waals surface area contributed by atoms with Gasteiger partial charge in [0.15, 0.2) is 0 Å². The van der Waals surface area contributed by atoms with Crippen LogP contribution in [0.1, 0.15) is 5.56 Å². The number of amides is 2. The van der Waals surface area contributed by atoms with Crippen molar-refractivity contribution in [3.63, 3.8) is 0 Å². The van der Waals surface area contributed by atoms with Gasteiger partial charge in [0.25, 0.3) is 17.4 Å². The van der Waals surface area contributed by atoms with E-state index in [4.69, 9.17) is 5.14 Å². The van der Waals surface area contributed by atoms with Crippen molar-refractivity contribution in [1.82, 2.24) is 15.0 Å². The SMILES string of the molecule is Cn1c(N2NC(=O)C(N=Nc3ccc(S(N)(=O)=O)cc3)C2=O)nc(-c2ccccc2)c(C#N)c1=O. The van der Waals surface area contributed by atoms with Gasteiger partial charge in [-0.05, 0) is 24.3 Å². The molecule has 0 radical (unpaired) electrons. The van der Waals surface area contributed by atoms with Crippen LogP contribution in [0.2, 0.25) is 0 Å². The Morgan fingerprint density at radius 2 is 1.74 bits per heavy atom. The first-order chi connectivity index (χ1) is 16.6. The van der Waals surface area contributed by atoms with Gasteiger partial charge >= 0.3 is 0 Å². The topological polar surface area (TPSA) is 193 Å². The maximum atomic E-state index is 13.0. The van der Waals surface area contributed by atoms with Crippen LogP contribution in [0.4, 0.5) is 11.6 Å². The highest BCUT2D eigenvalue weighted by Crippen LogP contribution is 2.24. The number of hydrogen-bond acceptors (Lipinski definition) is 9. The Kier molecular flexibility index (Phi) is 5.95. The van der Waals surface area contributed by atoms with E-state index in [2.05, 4.69) is 20.6 Å². The van der Waals surface area contributed by atoms with Gasteiger partial charge in [-0.15, -0.1) is 0 Å². The van der Waals surface area contributed by atoms with Gasteiger partial charge in [0.05, 0.1) is 16.3 Å². The smallest absolute Gasteiger partial charge is 0.279 e. The third-order valence-corrected chi connectivity index (χ3v) is 5.93. The maximum Gasteiger partial charge on any atom is 0.284 e. The number of hydrogen-bond donors (Lipinski definition) is 2. The molecule has 2 heterocycles. The van der Waals surface area contributed by atoms with Crippen LogP contribution in [0.15, 0.2) is 74.5 Å². The number of sulfonamides is 1. The average molecular weight is 492 g/mol. The van der Waals surface area contributed by atoms with E-state index in [1.807, 2.05) is 6.07 Å². The highest BCUT2D eigenvalue weighted by Gasteiger charge is 2.42. The summed E-state index contributed by atoms with van der Waals surface area (Å²) in [5.41, 5.74) is 2.07. The molecule has 4 rings (SSSR count). The summed E-state index contributed by atoms with van der Waals surface area (Å²) in [5.74, 6) is -1.90. The summed E-state index contributed by atoms with van der Waals surface area (Å²) in [5, 5.41) is 22.9. The summed E-state index contributed by atoms with van der Waals surface area (Å²) >= 11 is 0. The second-order valence-electron chi connectivity index (χ2n) is 7.28. The minimum Gasteiger partial charge on any atom is -0.279 e. The zero-order chi connectivity index (χ0) is 25.3. The predicted molar refractivity (Wildman–Crippen MR) is 121 cm³/mol. The minimum absolute atomic E-state index is 0.0493. The van der Waals surface area contributed by atoms with Crippen molar-refractivity contribution in [2.45, 2.75) is 10.9 Å². The van der Waals surface area contributed by atoms with Crippen molar-refractivity contribution in [3.05, 3.63) is 70.5 Å². The number of anilines is 1. The van der Waals surface area contributed by atoms with E-state index in [0.717, 1.165) is 9.58 Å². The lowest BCUT2D eigenvalue weighted by Gasteiger charge is -2.18. The molecular weight excluding hydrogens is 476 g/mol. The van der Waals surface area contributed by atoms with Crippen LogP contribution in [0.3, 0.4) is 0 Å². The number of azo groups is 1. The van der Waals surface area contributed by atoms with Gasteiger partial charge in [-0.1, -0.05) is 30.3 Å². The molecule has 1 fully saturated rings. The molecule has 0 saturated carbocycles. The normalized spacial score (nSPS) is 15.9. The van der Waals surface area contributed by atoms with Gasteiger partial charge in [0.1, 0.15) is 11.6 Å². The fourth-order valence-corrected chi connectivity index (χ4v) is 3.75. The number of nitrogens with one attached hydrogen (secondary N) is 1. The number of nitriles is 1. The van der Waals surface area contributed by atoms with Crippen molar-refractivity contribution in [1.29, 1.82) is 5.26 Å². The number of rotatable bonds is 5. The van der Waals surface area contributed by atoms with Crippen LogP contribution in [-0.2, 0) is 26.7 Å². The number of aromatic nitrogens is 2. The number of carbonyl (C=O) groups excluding carboxylic acids is 2. The van der Waals surface area contributed by atoms with Crippen molar-refractivity contribution >= 4 is 33.5 Å². The summed E-state index contributed by atoms with van der Waals surface area (Å²) in [4.78, 5) is 42.4. The zero-order valence-corrected chi connectivity index (χ0v) is 18.8. The molecule has 1 aromatic heterocycles.